The third-order valence-electron chi connectivity index (χ3n) is 6.58. The number of benzene rings is 3. The molecule has 4 aromatic rings. The van der Waals surface area contributed by atoms with Gasteiger partial charge in [0.1, 0.15) is 11.6 Å². The van der Waals surface area contributed by atoms with E-state index in [4.69, 9.17) is 0 Å². The summed E-state index contributed by atoms with van der Waals surface area (Å²) in [5.74, 6) is -2.60. The minimum Gasteiger partial charge on any atom is -0.465 e. The van der Waals surface area contributed by atoms with Crippen LogP contribution in [-0.4, -0.2) is 28.6 Å². The first kappa shape index (κ1) is 26.5. The Bertz CT molecular complexity index is 1590. The van der Waals surface area contributed by atoms with Gasteiger partial charge < -0.3 is 14.5 Å². The van der Waals surface area contributed by atoms with Gasteiger partial charge >= 0.3 is 5.97 Å². The Morgan fingerprint density at radius 2 is 1.66 bits per heavy atom. The van der Waals surface area contributed by atoms with Gasteiger partial charge in [-0.2, -0.15) is 0 Å². The van der Waals surface area contributed by atoms with E-state index >= 15 is 4.39 Å². The molecule has 8 heteroatoms. The van der Waals surface area contributed by atoms with Gasteiger partial charge in [0.25, 0.3) is 0 Å². The lowest BCUT2D eigenvalue weighted by Gasteiger charge is -2.22. The standard InChI is InChI=1S/C30H26F2N2O4/c1-18-6-4-5-7-22(18)25(16-28(33-37)21-10-13-29(35)34(2)17-21)23-11-8-19(14-26(23)31)20-9-12-24(27(32)15-20)30(36)38-3/h4-15,17,25,37H,16H2,1-3H3. The van der Waals surface area contributed by atoms with Gasteiger partial charge in [-0.15, -0.1) is 0 Å². The zero-order valence-electron chi connectivity index (χ0n) is 21.1. The molecule has 194 valence electrons. The third-order valence-corrected chi connectivity index (χ3v) is 6.58. The number of halogens is 2. The van der Waals surface area contributed by atoms with Crippen LogP contribution in [-0.2, 0) is 11.8 Å². The zero-order chi connectivity index (χ0) is 27.4. The summed E-state index contributed by atoms with van der Waals surface area (Å²) in [6.07, 6.45) is 1.72. The maximum absolute atomic E-state index is 15.7. The van der Waals surface area contributed by atoms with E-state index in [2.05, 4.69) is 9.89 Å². The number of nitrogens with zero attached hydrogens (tertiary/aromatic N) is 2. The third kappa shape index (κ3) is 5.39. The molecule has 0 fully saturated rings. The molecule has 0 saturated carbocycles. The number of carbonyl (C=O) groups is 1. The van der Waals surface area contributed by atoms with E-state index < -0.39 is 23.5 Å². The van der Waals surface area contributed by atoms with Gasteiger partial charge in [-0.3, -0.25) is 4.79 Å². The largest absolute Gasteiger partial charge is 0.465 e. The van der Waals surface area contributed by atoms with E-state index in [0.717, 1.165) is 17.2 Å². The van der Waals surface area contributed by atoms with Crippen molar-refractivity contribution >= 4 is 11.7 Å². The first-order valence-corrected chi connectivity index (χ1v) is 11.8. The highest BCUT2D eigenvalue weighted by Crippen LogP contribution is 2.35. The normalized spacial score (nSPS) is 12.3. The summed E-state index contributed by atoms with van der Waals surface area (Å²) in [6.45, 7) is 1.92. The summed E-state index contributed by atoms with van der Waals surface area (Å²) in [6, 6.07) is 19.1. The smallest absolute Gasteiger partial charge is 0.340 e. The number of pyridine rings is 1. The maximum atomic E-state index is 15.7. The van der Waals surface area contributed by atoms with Crippen molar-refractivity contribution in [2.75, 3.05) is 7.11 Å². The first-order valence-electron chi connectivity index (χ1n) is 11.8. The summed E-state index contributed by atoms with van der Waals surface area (Å²) in [4.78, 5) is 23.5. The van der Waals surface area contributed by atoms with Crippen LogP contribution < -0.4 is 5.56 Å². The molecule has 38 heavy (non-hydrogen) atoms. The van der Waals surface area contributed by atoms with Crippen molar-refractivity contribution in [2.45, 2.75) is 19.3 Å². The molecule has 6 nitrogen and oxygen atoms in total. The van der Waals surface area contributed by atoms with Crippen LogP contribution in [0.3, 0.4) is 0 Å². The molecular weight excluding hydrogens is 490 g/mol. The maximum Gasteiger partial charge on any atom is 0.340 e. The Morgan fingerprint density at radius 3 is 2.26 bits per heavy atom. The predicted molar refractivity (Wildman–Crippen MR) is 141 cm³/mol. The first-order chi connectivity index (χ1) is 18.2. The lowest BCUT2D eigenvalue weighted by molar-refractivity contribution is 0.0595. The van der Waals surface area contributed by atoms with Crippen molar-refractivity contribution in [3.63, 3.8) is 0 Å². The van der Waals surface area contributed by atoms with Crippen molar-refractivity contribution < 1.29 is 23.5 Å². The lowest BCUT2D eigenvalue weighted by Crippen LogP contribution is -2.18. The van der Waals surface area contributed by atoms with E-state index in [1.807, 2.05) is 31.2 Å². The molecule has 1 aromatic heterocycles. The number of oxime groups is 1. The fourth-order valence-corrected chi connectivity index (χ4v) is 4.50. The van der Waals surface area contributed by atoms with Gasteiger partial charge in [0, 0.05) is 37.2 Å². The Kier molecular flexibility index (Phi) is 7.81. The van der Waals surface area contributed by atoms with Gasteiger partial charge in [-0.1, -0.05) is 47.6 Å². The second-order valence-corrected chi connectivity index (χ2v) is 8.95. The molecule has 0 radical (unpaired) electrons. The summed E-state index contributed by atoms with van der Waals surface area (Å²) in [5, 5.41) is 13.3. The number of carbonyl (C=O) groups excluding carboxylic acids is 1. The molecule has 4 rings (SSSR count). The van der Waals surface area contributed by atoms with Gasteiger partial charge in [-0.05, 0) is 59.0 Å². The quantitative estimate of drug-likeness (QED) is 0.145. The van der Waals surface area contributed by atoms with Crippen LogP contribution in [0.1, 0.15) is 45.0 Å². The minimum absolute atomic E-state index is 0.151. The number of hydrogen-bond acceptors (Lipinski definition) is 5. The van der Waals surface area contributed by atoms with Gasteiger partial charge in [-0.25, -0.2) is 13.6 Å². The fourth-order valence-electron chi connectivity index (χ4n) is 4.50. The molecule has 0 aliphatic rings. The number of aryl methyl sites for hydroxylation is 2. The highest BCUT2D eigenvalue weighted by Gasteiger charge is 2.24. The van der Waals surface area contributed by atoms with Crippen molar-refractivity contribution in [3.05, 3.63) is 129 Å². The van der Waals surface area contributed by atoms with Crippen molar-refractivity contribution in [1.82, 2.24) is 4.57 Å². The summed E-state index contributed by atoms with van der Waals surface area (Å²) in [5.41, 5.74) is 3.37. The average molecular weight is 517 g/mol. The van der Waals surface area contributed by atoms with E-state index in [0.29, 0.717) is 22.3 Å². The molecule has 0 aliphatic carbocycles. The monoisotopic (exact) mass is 516 g/mol. The highest BCUT2D eigenvalue weighted by molar-refractivity contribution is 6.00. The van der Waals surface area contributed by atoms with Crippen LogP contribution >= 0.6 is 0 Å². The van der Waals surface area contributed by atoms with Crippen LogP contribution in [0.15, 0.2) is 88.9 Å². The molecular formula is C30H26F2N2O4. The van der Waals surface area contributed by atoms with Crippen molar-refractivity contribution in [3.8, 4) is 11.1 Å². The Balaban J connectivity index is 1.76. The highest BCUT2D eigenvalue weighted by atomic mass is 19.1. The van der Waals surface area contributed by atoms with Crippen molar-refractivity contribution in [2.24, 2.45) is 12.2 Å². The van der Waals surface area contributed by atoms with Crippen LogP contribution in [0.25, 0.3) is 11.1 Å². The topological polar surface area (TPSA) is 80.9 Å². The average Bonchev–Trinajstić information content (AvgIpc) is 2.91. The van der Waals surface area contributed by atoms with Crippen LogP contribution in [0, 0.1) is 18.6 Å². The van der Waals surface area contributed by atoms with Gasteiger partial charge in [0.15, 0.2) is 0 Å². The number of hydrogen-bond donors (Lipinski definition) is 1. The molecule has 1 N–H and O–H groups in total. The number of rotatable bonds is 7. The van der Waals surface area contributed by atoms with E-state index in [1.54, 1.807) is 31.4 Å². The molecule has 1 atom stereocenters. The fraction of sp³-hybridized carbons (Fsp3) is 0.167. The lowest BCUT2D eigenvalue weighted by atomic mass is 9.83. The molecule has 1 heterocycles. The number of aromatic nitrogens is 1. The SMILES string of the molecule is COC(=O)c1ccc(-c2ccc(C(CC(=NO)c3ccc(=O)n(C)c3)c3ccccc3C)c(F)c2)cc1F. The van der Waals surface area contributed by atoms with Gasteiger partial charge in [0.2, 0.25) is 5.56 Å². The summed E-state index contributed by atoms with van der Waals surface area (Å²) >= 11 is 0. The molecule has 0 aliphatic heterocycles. The van der Waals surface area contributed by atoms with Crippen LogP contribution in [0.5, 0.6) is 0 Å². The number of ether oxygens (including phenoxy) is 1. The minimum atomic E-state index is -0.795. The summed E-state index contributed by atoms with van der Waals surface area (Å²) in [7, 11) is 2.76. The number of methoxy groups -OCH3 is 1. The zero-order valence-corrected chi connectivity index (χ0v) is 21.1. The summed E-state index contributed by atoms with van der Waals surface area (Å²) < 4.78 is 36.2. The van der Waals surface area contributed by atoms with Crippen LogP contribution in [0.4, 0.5) is 8.78 Å². The van der Waals surface area contributed by atoms with E-state index in [-0.39, 0.29) is 23.3 Å². The number of esters is 1. The Morgan fingerprint density at radius 1 is 0.974 bits per heavy atom. The molecule has 0 bridgehead atoms. The molecule has 1 unspecified atom stereocenters. The second-order valence-electron chi connectivity index (χ2n) is 8.95. The van der Waals surface area contributed by atoms with Crippen LogP contribution in [0.2, 0.25) is 0 Å². The van der Waals surface area contributed by atoms with E-state index in [9.17, 15) is 19.2 Å². The molecule has 0 saturated heterocycles. The Labute approximate surface area is 218 Å². The predicted octanol–water partition coefficient (Wildman–Crippen LogP) is 5.83. The van der Waals surface area contributed by atoms with Gasteiger partial charge in [0.05, 0.1) is 18.4 Å². The Hall–Kier alpha value is -4.59. The van der Waals surface area contributed by atoms with Crippen molar-refractivity contribution in [1.29, 1.82) is 0 Å². The molecule has 3 aromatic carbocycles. The van der Waals surface area contributed by atoms with E-state index in [1.165, 1.54) is 35.9 Å². The molecule has 0 spiro atoms. The molecule has 0 amide bonds. The second kappa shape index (κ2) is 11.2.